The second kappa shape index (κ2) is 6.85. The van der Waals surface area contributed by atoms with Crippen LogP contribution in [0.1, 0.15) is 35.4 Å². The summed E-state index contributed by atoms with van der Waals surface area (Å²) < 4.78 is 6.72. The van der Waals surface area contributed by atoms with Crippen LogP contribution in [0.3, 0.4) is 0 Å². The van der Waals surface area contributed by atoms with Crippen molar-refractivity contribution in [1.82, 2.24) is 9.55 Å². The molecule has 0 radical (unpaired) electrons. The topological polar surface area (TPSA) is 61.2 Å². The van der Waals surface area contributed by atoms with E-state index < -0.39 is 12.0 Å². The van der Waals surface area contributed by atoms with E-state index in [9.17, 15) is 9.59 Å². The maximum Gasteiger partial charge on any atom is 0.329 e. The van der Waals surface area contributed by atoms with Crippen molar-refractivity contribution in [1.29, 1.82) is 0 Å². The largest absolute Gasteiger partial charge is 0.459 e. The lowest BCUT2D eigenvalue weighted by atomic mass is 10.2. The minimum Gasteiger partial charge on any atom is -0.459 e. The van der Waals surface area contributed by atoms with Gasteiger partial charge in [0, 0.05) is 15.5 Å². The summed E-state index contributed by atoms with van der Waals surface area (Å²) in [5.41, 5.74) is 1.66. The molecule has 1 aliphatic carbocycles. The minimum atomic E-state index is -0.751. The van der Waals surface area contributed by atoms with Crippen molar-refractivity contribution >= 4 is 39.1 Å². The Balaban J connectivity index is 1.59. The van der Waals surface area contributed by atoms with Gasteiger partial charge in [-0.2, -0.15) is 0 Å². The standard InChI is InChI=1S/C19H17ClN2O3S/c1-11(19(24)25-9-12-5-2-3-7-14(12)20)22-10-21-17-16(18(22)23)13-6-4-8-15(13)26-17/h2-3,5,7,10-11H,4,6,8-9H2,1H3/t11-/m1/s1. The first kappa shape index (κ1) is 17.2. The average Bonchev–Trinajstić information content (AvgIpc) is 3.21. The van der Waals surface area contributed by atoms with Gasteiger partial charge < -0.3 is 4.74 Å². The van der Waals surface area contributed by atoms with Crippen LogP contribution in [0, 0.1) is 0 Å². The number of hydrogen-bond donors (Lipinski definition) is 0. The monoisotopic (exact) mass is 388 g/mol. The highest BCUT2D eigenvalue weighted by Gasteiger charge is 2.24. The van der Waals surface area contributed by atoms with Gasteiger partial charge in [-0.15, -0.1) is 11.3 Å². The summed E-state index contributed by atoms with van der Waals surface area (Å²) in [4.78, 5) is 31.8. The fourth-order valence-electron chi connectivity index (χ4n) is 3.27. The first-order chi connectivity index (χ1) is 12.6. The Labute approximate surface area is 159 Å². The predicted octanol–water partition coefficient (Wildman–Crippen LogP) is 3.90. The number of benzene rings is 1. The van der Waals surface area contributed by atoms with E-state index in [2.05, 4.69) is 4.98 Å². The summed E-state index contributed by atoms with van der Waals surface area (Å²) in [6, 6.07) is 6.44. The molecule has 0 amide bonds. The van der Waals surface area contributed by atoms with Gasteiger partial charge in [0.05, 0.1) is 11.7 Å². The zero-order valence-electron chi connectivity index (χ0n) is 14.2. The predicted molar refractivity (Wildman–Crippen MR) is 102 cm³/mol. The molecule has 1 atom stereocenters. The van der Waals surface area contributed by atoms with E-state index in [0.29, 0.717) is 10.4 Å². The number of aryl methyl sites for hydroxylation is 2. The van der Waals surface area contributed by atoms with Gasteiger partial charge in [0.2, 0.25) is 0 Å². The fraction of sp³-hybridized carbons (Fsp3) is 0.316. The van der Waals surface area contributed by atoms with Gasteiger partial charge in [-0.1, -0.05) is 29.8 Å². The molecule has 1 aliphatic rings. The molecular weight excluding hydrogens is 372 g/mol. The quantitative estimate of drug-likeness (QED) is 0.636. The number of rotatable bonds is 4. The van der Waals surface area contributed by atoms with Crippen molar-refractivity contribution < 1.29 is 9.53 Å². The third-order valence-corrected chi connectivity index (χ3v) is 6.31. The molecular formula is C19H17ClN2O3S. The van der Waals surface area contributed by atoms with E-state index in [1.165, 1.54) is 15.8 Å². The number of hydrogen-bond acceptors (Lipinski definition) is 5. The van der Waals surface area contributed by atoms with Gasteiger partial charge >= 0.3 is 5.97 Å². The maximum absolute atomic E-state index is 12.9. The zero-order chi connectivity index (χ0) is 18.3. The van der Waals surface area contributed by atoms with Crippen LogP contribution in [0.4, 0.5) is 0 Å². The summed E-state index contributed by atoms with van der Waals surface area (Å²) in [5.74, 6) is -0.486. The Morgan fingerprint density at radius 2 is 2.19 bits per heavy atom. The van der Waals surface area contributed by atoms with Crippen molar-refractivity contribution in [2.24, 2.45) is 0 Å². The van der Waals surface area contributed by atoms with Crippen LogP contribution in [-0.4, -0.2) is 15.5 Å². The molecule has 2 heterocycles. The van der Waals surface area contributed by atoms with E-state index in [0.717, 1.165) is 35.2 Å². The van der Waals surface area contributed by atoms with Crippen molar-refractivity contribution in [3.05, 3.63) is 62.0 Å². The molecule has 0 spiro atoms. The molecule has 0 unspecified atom stereocenters. The molecule has 5 nitrogen and oxygen atoms in total. The van der Waals surface area contributed by atoms with Gasteiger partial charge in [-0.3, -0.25) is 9.36 Å². The summed E-state index contributed by atoms with van der Waals surface area (Å²) in [5, 5.41) is 1.21. The van der Waals surface area contributed by atoms with Gasteiger partial charge in [0.25, 0.3) is 5.56 Å². The Bertz CT molecular complexity index is 1060. The van der Waals surface area contributed by atoms with Crippen molar-refractivity contribution in [2.75, 3.05) is 0 Å². The number of halogens is 1. The fourth-order valence-corrected chi connectivity index (χ4v) is 4.68. The number of esters is 1. The van der Waals surface area contributed by atoms with Gasteiger partial charge in [-0.05, 0) is 37.8 Å². The van der Waals surface area contributed by atoms with Gasteiger partial charge in [0.1, 0.15) is 17.5 Å². The van der Waals surface area contributed by atoms with E-state index in [4.69, 9.17) is 16.3 Å². The van der Waals surface area contributed by atoms with Gasteiger partial charge in [-0.25, -0.2) is 9.78 Å². The lowest BCUT2D eigenvalue weighted by Gasteiger charge is -2.14. The smallest absolute Gasteiger partial charge is 0.329 e. The highest BCUT2D eigenvalue weighted by Crippen LogP contribution is 2.34. The van der Waals surface area contributed by atoms with E-state index in [1.807, 2.05) is 12.1 Å². The number of nitrogens with zero attached hydrogens (tertiary/aromatic N) is 2. The summed E-state index contributed by atoms with van der Waals surface area (Å²) in [7, 11) is 0. The summed E-state index contributed by atoms with van der Waals surface area (Å²) in [6.07, 6.45) is 4.42. The van der Waals surface area contributed by atoms with Crippen LogP contribution in [-0.2, 0) is 29.0 Å². The lowest BCUT2D eigenvalue weighted by Crippen LogP contribution is -2.29. The van der Waals surface area contributed by atoms with Crippen LogP contribution < -0.4 is 5.56 Å². The third-order valence-electron chi connectivity index (χ3n) is 4.74. The minimum absolute atomic E-state index is 0.0706. The number of carbonyl (C=O) groups excluding carboxylic acids is 1. The van der Waals surface area contributed by atoms with Crippen LogP contribution in [0.15, 0.2) is 35.4 Å². The SMILES string of the molecule is C[C@H](C(=O)OCc1ccccc1Cl)n1cnc2sc3c(c2c1=O)CCC3. The summed E-state index contributed by atoms with van der Waals surface area (Å²) >= 11 is 7.66. The molecule has 2 aromatic heterocycles. The third kappa shape index (κ3) is 2.93. The molecule has 134 valence electrons. The molecule has 0 saturated carbocycles. The average molecular weight is 389 g/mol. The van der Waals surface area contributed by atoms with Gasteiger partial charge in [0.15, 0.2) is 0 Å². The Kier molecular flexibility index (Phi) is 4.54. The number of aromatic nitrogens is 2. The lowest BCUT2D eigenvalue weighted by molar-refractivity contribution is -0.148. The number of thiophene rings is 1. The number of fused-ring (bicyclic) bond motifs is 3. The normalized spacial score (nSPS) is 14.4. The highest BCUT2D eigenvalue weighted by molar-refractivity contribution is 7.18. The van der Waals surface area contributed by atoms with Crippen molar-refractivity contribution in [2.45, 2.75) is 38.8 Å². The van der Waals surface area contributed by atoms with Crippen LogP contribution in [0.2, 0.25) is 5.02 Å². The van der Waals surface area contributed by atoms with E-state index in [1.54, 1.807) is 30.4 Å². The molecule has 1 aromatic carbocycles. The first-order valence-corrected chi connectivity index (χ1v) is 9.67. The molecule has 26 heavy (non-hydrogen) atoms. The van der Waals surface area contributed by atoms with Crippen LogP contribution in [0.5, 0.6) is 0 Å². The first-order valence-electron chi connectivity index (χ1n) is 8.47. The van der Waals surface area contributed by atoms with Crippen LogP contribution in [0.25, 0.3) is 10.2 Å². The second-order valence-corrected chi connectivity index (χ2v) is 7.86. The molecule has 7 heteroatoms. The van der Waals surface area contributed by atoms with Crippen molar-refractivity contribution in [3.8, 4) is 0 Å². The van der Waals surface area contributed by atoms with Crippen LogP contribution >= 0.6 is 22.9 Å². The number of ether oxygens (including phenoxy) is 1. The van der Waals surface area contributed by atoms with E-state index in [-0.39, 0.29) is 12.2 Å². The van der Waals surface area contributed by atoms with E-state index >= 15 is 0 Å². The molecule has 3 aromatic rings. The summed E-state index contributed by atoms with van der Waals surface area (Å²) in [6.45, 7) is 1.72. The molecule has 0 bridgehead atoms. The Morgan fingerprint density at radius 1 is 1.38 bits per heavy atom. The maximum atomic E-state index is 12.9. The molecule has 0 saturated heterocycles. The molecule has 0 aliphatic heterocycles. The van der Waals surface area contributed by atoms with Crippen molar-refractivity contribution in [3.63, 3.8) is 0 Å². The Hall–Kier alpha value is -2.18. The molecule has 4 rings (SSSR count). The zero-order valence-corrected chi connectivity index (χ0v) is 15.8. The number of carbonyl (C=O) groups is 1. The molecule has 0 N–H and O–H groups in total. The Morgan fingerprint density at radius 3 is 3.00 bits per heavy atom. The highest BCUT2D eigenvalue weighted by atomic mass is 35.5. The second-order valence-electron chi connectivity index (χ2n) is 6.37. The molecule has 0 fully saturated rings.